The number of amides is 2. The number of aliphatic hydroxyl groups excluding tert-OH is 1. The fourth-order valence-corrected chi connectivity index (χ4v) is 6.00. The lowest BCUT2D eigenvalue weighted by atomic mass is 10.1. The molecule has 1 aromatic carbocycles. The Labute approximate surface area is 281 Å². The standard InChI is InChI=1S/C22H18FN7O3.C10H12N4O3/c23-16-13-25-20(30-7-6-26-27-30)18-17(16)15(12-24-18)19(31)22(33)29-10-8-28(9-11-29)21(32)14-4-2-1-3-5-14;15-3-6-1-2-7(17-6)14-5-13-8-9(14)11-4-12-10(8)16/h1-7,12-13,24H,8-11H2;4-7,15H,1-3H2,(H,11,12,16)/t;6-,7+/m.0/s1. The molecule has 0 spiro atoms. The van der Waals surface area contributed by atoms with E-state index >= 15 is 0 Å². The Morgan fingerprint density at radius 1 is 1.00 bits per heavy atom. The number of carbonyl (C=O) groups is 3. The largest absolute Gasteiger partial charge is 0.394 e. The summed E-state index contributed by atoms with van der Waals surface area (Å²) in [7, 11) is 0. The first-order chi connectivity index (χ1) is 24.3. The number of nitrogens with zero attached hydrogens (tertiary/aromatic N) is 9. The molecular weight excluding hydrogens is 653 g/mol. The molecule has 2 fully saturated rings. The number of nitrogens with one attached hydrogen (secondary N) is 2. The molecule has 5 aromatic heterocycles. The highest BCUT2D eigenvalue weighted by atomic mass is 19.1. The Morgan fingerprint density at radius 2 is 1.78 bits per heavy atom. The SMILES string of the molecule is O=C(C(=O)N1CCN(C(=O)c2ccccc2)CC1)c1c[nH]c2c(-n3ccnn3)ncc(F)c12.O=c1[nH]cnc2c1ncn2[C@H]1CC[C@@H](CO)O1. The van der Waals surface area contributed by atoms with Gasteiger partial charge in [-0.3, -0.25) is 23.7 Å². The molecule has 0 radical (unpaired) electrons. The number of hydrogen-bond donors (Lipinski definition) is 3. The van der Waals surface area contributed by atoms with Crippen LogP contribution in [0, 0.1) is 5.82 Å². The van der Waals surface area contributed by atoms with Crippen molar-refractivity contribution in [3.8, 4) is 5.82 Å². The van der Waals surface area contributed by atoms with Crippen LogP contribution in [-0.4, -0.2) is 116 Å². The number of hydrogen-bond acceptors (Lipinski definition) is 11. The van der Waals surface area contributed by atoms with Crippen molar-refractivity contribution in [3.63, 3.8) is 0 Å². The van der Waals surface area contributed by atoms with Crippen molar-refractivity contribution < 1.29 is 28.6 Å². The van der Waals surface area contributed by atoms with Gasteiger partial charge in [0.2, 0.25) is 0 Å². The van der Waals surface area contributed by atoms with Crippen molar-refractivity contribution in [2.75, 3.05) is 32.8 Å². The Bertz CT molecular complexity index is 2230. The zero-order chi connectivity index (χ0) is 34.8. The van der Waals surface area contributed by atoms with E-state index in [1.807, 2.05) is 6.07 Å². The molecule has 2 aliphatic heterocycles. The molecule has 2 atom stereocenters. The number of rotatable bonds is 6. The Hall–Kier alpha value is -6.14. The van der Waals surface area contributed by atoms with Gasteiger partial charge in [-0.15, -0.1) is 5.10 Å². The number of piperazine rings is 1. The molecule has 0 aliphatic carbocycles. The third kappa shape index (κ3) is 6.12. The van der Waals surface area contributed by atoms with Crippen LogP contribution in [0.15, 0.2) is 72.6 Å². The minimum Gasteiger partial charge on any atom is -0.394 e. The number of ether oxygens (including phenoxy) is 1. The van der Waals surface area contributed by atoms with E-state index in [4.69, 9.17) is 9.84 Å². The van der Waals surface area contributed by atoms with E-state index < -0.39 is 17.5 Å². The third-order valence-corrected chi connectivity index (χ3v) is 8.56. The number of fused-ring (bicyclic) bond motifs is 2. The van der Waals surface area contributed by atoms with Gasteiger partial charge in [-0.05, 0) is 25.0 Å². The lowest BCUT2D eigenvalue weighted by molar-refractivity contribution is -0.127. The van der Waals surface area contributed by atoms with E-state index in [0.29, 0.717) is 29.8 Å². The summed E-state index contributed by atoms with van der Waals surface area (Å²) in [6, 6.07) is 8.87. The maximum Gasteiger partial charge on any atom is 0.295 e. The third-order valence-electron chi connectivity index (χ3n) is 8.56. The van der Waals surface area contributed by atoms with Gasteiger partial charge in [0.15, 0.2) is 22.8 Å². The van der Waals surface area contributed by atoms with Gasteiger partial charge in [-0.1, -0.05) is 23.4 Å². The fourth-order valence-electron chi connectivity index (χ4n) is 6.00. The molecule has 2 aliphatic rings. The second-order valence-electron chi connectivity index (χ2n) is 11.5. The highest BCUT2D eigenvalue weighted by Gasteiger charge is 2.31. The van der Waals surface area contributed by atoms with Crippen LogP contribution in [-0.2, 0) is 9.53 Å². The molecule has 8 rings (SSSR count). The second kappa shape index (κ2) is 13.8. The predicted octanol–water partition coefficient (Wildman–Crippen LogP) is 1.24. The molecule has 3 N–H and O–H groups in total. The zero-order valence-corrected chi connectivity index (χ0v) is 26.3. The van der Waals surface area contributed by atoms with E-state index in [1.54, 1.807) is 40.1 Å². The molecular formula is C32H30FN11O6. The lowest BCUT2D eigenvalue weighted by Crippen LogP contribution is -2.52. The number of imidazole rings is 1. The number of aromatic nitrogens is 9. The van der Waals surface area contributed by atoms with Gasteiger partial charge < -0.3 is 29.6 Å². The maximum absolute atomic E-state index is 14.6. The van der Waals surface area contributed by atoms with Crippen molar-refractivity contribution in [1.82, 2.24) is 54.3 Å². The van der Waals surface area contributed by atoms with Gasteiger partial charge in [0.1, 0.15) is 6.23 Å². The summed E-state index contributed by atoms with van der Waals surface area (Å²) in [5, 5.41) is 16.5. The first-order valence-corrected chi connectivity index (χ1v) is 15.7. The summed E-state index contributed by atoms with van der Waals surface area (Å²) in [6.45, 7) is 1.03. The Balaban J connectivity index is 0.000000193. The zero-order valence-electron chi connectivity index (χ0n) is 26.3. The number of halogens is 1. The van der Waals surface area contributed by atoms with E-state index in [1.165, 1.54) is 34.5 Å². The summed E-state index contributed by atoms with van der Waals surface area (Å²) in [6.07, 6.45) is 9.38. The van der Waals surface area contributed by atoms with Crippen molar-refractivity contribution >= 4 is 39.7 Å². The quantitative estimate of drug-likeness (QED) is 0.168. The number of H-pyrrole nitrogens is 2. The number of ketones is 1. The minimum atomic E-state index is -0.835. The number of Topliss-reactive ketones (excluding diaryl/α,β-unsaturated/α-hetero) is 1. The van der Waals surface area contributed by atoms with Crippen molar-refractivity contribution in [2.45, 2.75) is 25.2 Å². The molecule has 17 nitrogen and oxygen atoms in total. The molecule has 7 heterocycles. The van der Waals surface area contributed by atoms with Crippen LogP contribution in [0.4, 0.5) is 4.39 Å². The molecule has 18 heteroatoms. The average molecular weight is 684 g/mol. The van der Waals surface area contributed by atoms with Crippen molar-refractivity contribution in [1.29, 1.82) is 0 Å². The number of carbonyl (C=O) groups excluding carboxylic acids is 3. The predicted molar refractivity (Wildman–Crippen MR) is 173 cm³/mol. The maximum atomic E-state index is 14.6. The monoisotopic (exact) mass is 683 g/mol. The number of aliphatic hydroxyl groups is 1. The first-order valence-electron chi connectivity index (χ1n) is 15.7. The molecule has 2 amide bonds. The van der Waals surface area contributed by atoms with Gasteiger partial charge in [-0.25, -0.2) is 24.0 Å². The van der Waals surface area contributed by atoms with E-state index in [2.05, 4.69) is 35.2 Å². The van der Waals surface area contributed by atoms with Crippen LogP contribution in [0.3, 0.4) is 0 Å². The molecule has 6 aromatic rings. The van der Waals surface area contributed by atoms with Gasteiger partial charge in [0.05, 0.1) is 60.4 Å². The van der Waals surface area contributed by atoms with Crippen LogP contribution < -0.4 is 5.56 Å². The highest BCUT2D eigenvalue weighted by molar-refractivity contribution is 6.45. The summed E-state index contributed by atoms with van der Waals surface area (Å²) in [5.74, 6) is -2.19. The fraction of sp³-hybridized carbons (Fsp3) is 0.281. The molecule has 0 unspecified atom stereocenters. The van der Waals surface area contributed by atoms with Crippen LogP contribution in [0.2, 0.25) is 0 Å². The van der Waals surface area contributed by atoms with Crippen molar-refractivity contribution in [3.05, 3.63) is 95.1 Å². The minimum absolute atomic E-state index is 0.0111. The van der Waals surface area contributed by atoms with E-state index in [0.717, 1.165) is 19.0 Å². The number of benzene rings is 1. The average Bonchev–Trinajstić information content (AvgIpc) is 3.99. The normalized spacial score (nSPS) is 17.6. The summed E-state index contributed by atoms with van der Waals surface area (Å²) >= 11 is 0. The smallest absolute Gasteiger partial charge is 0.295 e. The van der Waals surface area contributed by atoms with Crippen LogP contribution in [0.1, 0.15) is 39.8 Å². The first kappa shape index (κ1) is 32.4. The molecule has 0 saturated carbocycles. The highest BCUT2D eigenvalue weighted by Crippen LogP contribution is 2.29. The van der Waals surface area contributed by atoms with Crippen LogP contribution >= 0.6 is 0 Å². The Morgan fingerprint density at radius 3 is 2.50 bits per heavy atom. The second-order valence-corrected chi connectivity index (χ2v) is 11.5. The summed E-state index contributed by atoms with van der Waals surface area (Å²) < 4.78 is 23.3. The van der Waals surface area contributed by atoms with Crippen LogP contribution in [0.5, 0.6) is 0 Å². The van der Waals surface area contributed by atoms with Gasteiger partial charge in [-0.2, -0.15) is 0 Å². The molecule has 256 valence electrons. The lowest BCUT2D eigenvalue weighted by Gasteiger charge is -2.34. The van der Waals surface area contributed by atoms with Gasteiger partial charge in [0, 0.05) is 37.9 Å². The Kier molecular flexibility index (Phi) is 8.92. The van der Waals surface area contributed by atoms with Gasteiger partial charge in [0.25, 0.3) is 23.2 Å². The molecule has 50 heavy (non-hydrogen) atoms. The van der Waals surface area contributed by atoms with E-state index in [9.17, 15) is 23.6 Å². The van der Waals surface area contributed by atoms with Gasteiger partial charge >= 0.3 is 0 Å². The number of pyridine rings is 1. The topological polar surface area (TPSA) is 210 Å². The molecule has 0 bridgehead atoms. The number of aromatic amines is 2. The molecule has 2 saturated heterocycles. The van der Waals surface area contributed by atoms with Crippen molar-refractivity contribution in [2.24, 2.45) is 0 Å². The summed E-state index contributed by atoms with van der Waals surface area (Å²) in [5.41, 5.74) is 1.28. The van der Waals surface area contributed by atoms with E-state index in [-0.39, 0.29) is 65.8 Å². The van der Waals surface area contributed by atoms with Crippen LogP contribution in [0.25, 0.3) is 27.9 Å². The summed E-state index contributed by atoms with van der Waals surface area (Å²) in [4.78, 5) is 70.4.